The molecule has 3 heteroatoms. The minimum absolute atomic E-state index is 0.161. The van der Waals surface area contributed by atoms with Crippen molar-refractivity contribution in [3.8, 4) is 0 Å². The van der Waals surface area contributed by atoms with E-state index in [0.29, 0.717) is 13.0 Å². The van der Waals surface area contributed by atoms with E-state index in [-0.39, 0.29) is 5.91 Å². The van der Waals surface area contributed by atoms with Crippen LogP contribution in [0.15, 0.2) is 60.8 Å². The molecule has 0 fully saturated rings. The second kappa shape index (κ2) is 8.52. The average Bonchev–Trinajstić information content (AvgIpc) is 2.96. The largest absolute Gasteiger partial charge is 0.356 e. The van der Waals surface area contributed by atoms with Crippen LogP contribution in [0.5, 0.6) is 0 Å². The monoisotopic (exact) mass is 334 g/mol. The number of benzene rings is 2. The summed E-state index contributed by atoms with van der Waals surface area (Å²) in [4.78, 5) is 11.9. The van der Waals surface area contributed by atoms with Crippen LogP contribution in [0, 0.1) is 0 Å². The molecule has 0 atom stereocenters. The zero-order chi connectivity index (χ0) is 17.5. The topological polar surface area (TPSA) is 34.0 Å². The Bertz CT molecular complexity index is 820. The van der Waals surface area contributed by atoms with Gasteiger partial charge < -0.3 is 9.88 Å². The van der Waals surface area contributed by atoms with E-state index in [2.05, 4.69) is 59.5 Å². The van der Waals surface area contributed by atoms with Crippen molar-refractivity contribution in [2.24, 2.45) is 7.05 Å². The fourth-order valence-corrected chi connectivity index (χ4v) is 3.31. The van der Waals surface area contributed by atoms with Crippen molar-refractivity contribution < 1.29 is 4.79 Å². The van der Waals surface area contributed by atoms with Crippen LogP contribution in [-0.4, -0.2) is 17.0 Å². The van der Waals surface area contributed by atoms with Crippen molar-refractivity contribution in [1.29, 1.82) is 0 Å². The molecule has 25 heavy (non-hydrogen) atoms. The van der Waals surface area contributed by atoms with Gasteiger partial charge in [0, 0.05) is 37.1 Å². The lowest BCUT2D eigenvalue weighted by Gasteiger charge is -2.05. The molecule has 0 saturated carbocycles. The van der Waals surface area contributed by atoms with E-state index in [9.17, 15) is 4.79 Å². The van der Waals surface area contributed by atoms with Gasteiger partial charge in [0.1, 0.15) is 0 Å². The number of aryl methyl sites for hydroxylation is 2. The van der Waals surface area contributed by atoms with E-state index in [1.807, 2.05) is 18.2 Å². The van der Waals surface area contributed by atoms with Crippen LogP contribution in [0.2, 0.25) is 0 Å². The highest BCUT2D eigenvalue weighted by molar-refractivity contribution is 5.83. The van der Waals surface area contributed by atoms with Gasteiger partial charge in [0.25, 0.3) is 0 Å². The molecule has 3 aromatic rings. The van der Waals surface area contributed by atoms with Crippen LogP contribution in [0.3, 0.4) is 0 Å². The predicted octanol–water partition coefficient (Wildman–Crippen LogP) is 4.25. The number of para-hydroxylation sites is 1. The number of carbonyl (C=O) groups is 1. The van der Waals surface area contributed by atoms with Crippen molar-refractivity contribution in [2.45, 2.75) is 32.1 Å². The number of aromatic nitrogens is 1. The van der Waals surface area contributed by atoms with Crippen LogP contribution >= 0.6 is 0 Å². The number of nitrogens with one attached hydrogen (secondary N) is 1. The molecule has 3 rings (SSSR count). The minimum atomic E-state index is 0.161. The van der Waals surface area contributed by atoms with Crippen LogP contribution < -0.4 is 5.32 Å². The molecular formula is C22H26N2O. The van der Waals surface area contributed by atoms with Gasteiger partial charge >= 0.3 is 0 Å². The van der Waals surface area contributed by atoms with E-state index in [0.717, 1.165) is 25.7 Å². The van der Waals surface area contributed by atoms with Gasteiger partial charge in [-0.2, -0.15) is 0 Å². The third-order valence-electron chi connectivity index (χ3n) is 4.66. The molecule has 0 aliphatic carbocycles. The third-order valence-corrected chi connectivity index (χ3v) is 4.66. The maximum atomic E-state index is 11.9. The van der Waals surface area contributed by atoms with E-state index in [4.69, 9.17) is 0 Å². The molecule has 1 heterocycles. The normalized spacial score (nSPS) is 10.9. The third kappa shape index (κ3) is 4.72. The molecule has 0 aliphatic rings. The van der Waals surface area contributed by atoms with Crippen molar-refractivity contribution in [3.63, 3.8) is 0 Å². The van der Waals surface area contributed by atoms with Crippen molar-refractivity contribution in [3.05, 3.63) is 71.9 Å². The average molecular weight is 334 g/mol. The maximum absolute atomic E-state index is 11.9. The first-order valence-corrected chi connectivity index (χ1v) is 9.07. The first kappa shape index (κ1) is 17.3. The zero-order valence-corrected chi connectivity index (χ0v) is 14.9. The molecule has 0 spiro atoms. The second-order valence-corrected chi connectivity index (χ2v) is 6.58. The lowest BCUT2D eigenvalue weighted by atomic mass is 10.1. The Hall–Kier alpha value is -2.55. The molecule has 0 saturated heterocycles. The van der Waals surface area contributed by atoms with Crippen LogP contribution in [0.25, 0.3) is 10.9 Å². The number of hydrogen-bond acceptors (Lipinski definition) is 1. The zero-order valence-electron chi connectivity index (χ0n) is 14.9. The van der Waals surface area contributed by atoms with E-state index < -0.39 is 0 Å². The minimum Gasteiger partial charge on any atom is -0.356 e. The summed E-state index contributed by atoms with van der Waals surface area (Å²) in [6.45, 7) is 0.714. The number of amides is 1. The summed E-state index contributed by atoms with van der Waals surface area (Å²) in [5.41, 5.74) is 3.91. The fraction of sp³-hybridized carbons (Fsp3) is 0.318. The second-order valence-electron chi connectivity index (χ2n) is 6.58. The Labute approximate surface area is 149 Å². The van der Waals surface area contributed by atoms with Gasteiger partial charge in [0.05, 0.1) is 0 Å². The smallest absolute Gasteiger partial charge is 0.220 e. The molecule has 1 N–H and O–H groups in total. The molecule has 1 amide bonds. The van der Waals surface area contributed by atoms with Crippen molar-refractivity contribution >= 4 is 16.8 Å². The summed E-state index contributed by atoms with van der Waals surface area (Å²) in [6.07, 6.45) is 6.71. The van der Waals surface area contributed by atoms with Crippen LogP contribution in [0.4, 0.5) is 0 Å². The fourth-order valence-electron chi connectivity index (χ4n) is 3.31. The van der Waals surface area contributed by atoms with Gasteiger partial charge in [-0.15, -0.1) is 0 Å². The number of hydrogen-bond donors (Lipinski definition) is 1. The molecule has 0 unspecified atom stereocenters. The Morgan fingerprint density at radius 3 is 2.56 bits per heavy atom. The number of nitrogens with zero attached hydrogens (tertiary/aromatic N) is 1. The lowest BCUT2D eigenvalue weighted by molar-refractivity contribution is -0.121. The van der Waals surface area contributed by atoms with Gasteiger partial charge in [0.15, 0.2) is 0 Å². The molecule has 2 aromatic carbocycles. The van der Waals surface area contributed by atoms with Gasteiger partial charge in [-0.25, -0.2) is 0 Å². The number of unbranched alkanes of at least 4 members (excludes halogenated alkanes) is 1. The van der Waals surface area contributed by atoms with Crippen LogP contribution in [0.1, 0.15) is 30.4 Å². The summed E-state index contributed by atoms with van der Waals surface area (Å²) < 4.78 is 2.18. The quantitative estimate of drug-likeness (QED) is 0.614. The summed E-state index contributed by atoms with van der Waals surface area (Å²) in [6, 6.07) is 18.8. The van der Waals surface area contributed by atoms with E-state index in [1.165, 1.54) is 22.0 Å². The highest BCUT2D eigenvalue weighted by atomic mass is 16.1. The molecular weight excluding hydrogens is 308 g/mol. The standard InChI is InChI=1S/C22H26N2O/c1-24-17-19(20-12-6-7-13-21(20)24)11-5-8-14-22(25)23-16-15-18-9-3-2-4-10-18/h2-4,6-7,9-10,12-13,17H,5,8,11,14-16H2,1H3,(H,23,25). The van der Waals surface area contributed by atoms with Gasteiger partial charge in [0.2, 0.25) is 5.91 Å². The molecule has 3 nitrogen and oxygen atoms in total. The summed E-state index contributed by atoms with van der Waals surface area (Å²) >= 11 is 0. The Morgan fingerprint density at radius 1 is 0.960 bits per heavy atom. The Kier molecular flexibility index (Phi) is 5.89. The number of carbonyl (C=O) groups excluding carboxylic acids is 1. The molecule has 0 radical (unpaired) electrons. The Balaban J connectivity index is 1.37. The highest BCUT2D eigenvalue weighted by Gasteiger charge is 2.06. The van der Waals surface area contributed by atoms with Gasteiger partial charge in [-0.3, -0.25) is 4.79 Å². The first-order valence-electron chi connectivity index (χ1n) is 9.07. The number of fused-ring (bicyclic) bond motifs is 1. The van der Waals surface area contributed by atoms with Gasteiger partial charge in [-0.1, -0.05) is 48.5 Å². The molecule has 0 bridgehead atoms. The van der Waals surface area contributed by atoms with Crippen molar-refractivity contribution in [2.75, 3.05) is 6.54 Å². The maximum Gasteiger partial charge on any atom is 0.220 e. The van der Waals surface area contributed by atoms with Gasteiger partial charge in [-0.05, 0) is 42.9 Å². The first-order chi connectivity index (χ1) is 12.2. The molecule has 0 aliphatic heterocycles. The SMILES string of the molecule is Cn1cc(CCCCC(=O)NCCc2ccccc2)c2ccccc21. The summed E-state index contributed by atoms with van der Waals surface area (Å²) in [5.74, 6) is 0.161. The summed E-state index contributed by atoms with van der Waals surface area (Å²) in [7, 11) is 2.09. The highest BCUT2D eigenvalue weighted by Crippen LogP contribution is 2.22. The molecule has 1 aromatic heterocycles. The van der Waals surface area contributed by atoms with Crippen molar-refractivity contribution in [1.82, 2.24) is 9.88 Å². The molecule has 130 valence electrons. The van der Waals surface area contributed by atoms with Crippen LogP contribution in [-0.2, 0) is 24.7 Å². The number of rotatable bonds is 8. The van der Waals surface area contributed by atoms with E-state index in [1.54, 1.807) is 0 Å². The summed E-state index contributed by atoms with van der Waals surface area (Å²) in [5, 5.41) is 4.35. The predicted molar refractivity (Wildman–Crippen MR) is 104 cm³/mol. The Morgan fingerprint density at radius 2 is 1.72 bits per heavy atom. The lowest BCUT2D eigenvalue weighted by Crippen LogP contribution is -2.25. The van der Waals surface area contributed by atoms with E-state index >= 15 is 0 Å².